The number of hydrogen-bond donors (Lipinski definition) is 1. The van der Waals surface area contributed by atoms with Gasteiger partial charge >= 0.3 is 0 Å². The van der Waals surface area contributed by atoms with Crippen molar-refractivity contribution in [1.82, 2.24) is 14.8 Å². The summed E-state index contributed by atoms with van der Waals surface area (Å²) in [4.78, 5) is 12.4. The second kappa shape index (κ2) is 10.4. The molecule has 29 heavy (non-hydrogen) atoms. The van der Waals surface area contributed by atoms with Crippen LogP contribution < -0.4 is 10.1 Å². The molecule has 3 rings (SSSR count). The molecular weight excluding hydrogens is 499 g/mol. The van der Waals surface area contributed by atoms with Crippen molar-refractivity contribution in [1.29, 1.82) is 0 Å². The molecule has 1 heterocycles. The van der Waals surface area contributed by atoms with Crippen molar-refractivity contribution in [3.8, 4) is 5.75 Å². The fraction of sp³-hybridized carbons (Fsp3) is 0.190. The highest BCUT2D eigenvalue weighted by Gasteiger charge is 2.14. The first-order chi connectivity index (χ1) is 14.1. The summed E-state index contributed by atoms with van der Waals surface area (Å²) in [6.45, 7) is 6.61. The predicted molar refractivity (Wildman–Crippen MR) is 124 cm³/mol. The van der Waals surface area contributed by atoms with E-state index >= 15 is 0 Å². The van der Waals surface area contributed by atoms with Crippen LogP contribution in [0.2, 0.25) is 0 Å². The molecule has 2 aromatic carbocycles. The van der Waals surface area contributed by atoms with E-state index in [0.29, 0.717) is 24.1 Å². The number of amides is 1. The summed E-state index contributed by atoms with van der Waals surface area (Å²) in [5, 5.41) is 12.1. The van der Waals surface area contributed by atoms with Crippen LogP contribution in [-0.2, 0) is 17.9 Å². The lowest BCUT2D eigenvalue weighted by Gasteiger charge is -2.10. The minimum absolute atomic E-state index is 0.0884. The molecule has 8 heteroatoms. The fourth-order valence-electron chi connectivity index (χ4n) is 2.59. The molecule has 0 unspecified atom stereocenters. The third-order valence-corrected chi connectivity index (χ3v) is 5.65. The van der Waals surface area contributed by atoms with Crippen LogP contribution >= 0.6 is 34.4 Å². The standard InChI is InChI=1S/C21H21IN4O2S/c1-3-11-26-19(13-28-17-7-5-4-6-8-17)24-25-21(26)29-14-20(27)23-18-10-9-16(22)12-15(18)2/h3-10,12H,1,11,13-14H2,2H3,(H,23,27). The van der Waals surface area contributed by atoms with Gasteiger partial charge in [-0.2, -0.15) is 0 Å². The Labute approximate surface area is 187 Å². The first-order valence-corrected chi connectivity index (χ1v) is 11.0. The van der Waals surface area contributed by atoms with E-state index in [9.17, 15) is 4.79 Å². The van der Waals surface area contributed by atoms with Gasteiger partial charge < -0.3 is 10.1 Å². The van der Waals surface area contributed by atoms with Crippen LogP contribution in [0.15, 0.2) is 66.3 Å². The third kappa shape index (κ3) is 6.07. The molecule has 0 aliphatic rings. The Morgan fingerprint density at radius 2 is 2.07 bits per heavy atom. The number of thioether (sulfide) groups is 1. The predicted octanol–water partition coefficient (Wildman–Crippen LogP) is 4.69. The quantitative estimate of drug-likeness (QED) is 0.252. The zero-order chi connectivity index (χ0) is 20.6. The maximum Gasteiger partial charge on any atom is 0.234 e. The second-order valence-electron chi connectivity index (χ2n) is 6.20. The van der Waals surface area contributed by atoms with Gasteiger partial charge in [-0.1, -0.05) is 36.0 Å². The maximum absolute atomic E-state index is 12.4. The van der Waals surface area contributed by atoms with Crippen molar-refractivity contribution < 1.29 is 9.53 Å². The normalized spacial score (nSPS) is 10.6. The summed E-state index contributed by atoms with van der Waals surface area (Å²) in [6, 6.07) is 15.5. The summed E-state index contributed by atoms with van der Waals surface area (Å²) >= 11 is 3.59. The van der Waals surface area contributed by atoms with Gasteiger partial charge in [-0.25, -0.2) is 0 Å². The lowest BCUT2D eigenvalue weighted by atomic mass is 10.2. The van der Waals surface area contributed by atoms with Crippen molar-refractivity contribution in [3.05, 3.63) is 76.1 Å². The van der Waals surface area contributed by atoms with E-state index in [2.05, 4.69) is 44.7 Å². The number of aryl methyl sites for hydroxylation is 1. The maximum atomic E-state index is 12.4. The van der Waals surface area contributed by atoms with Gasteiger partial charge in [-0.3, -0.25) is 9.36 Å². The SMILES string of the molecule is C=CCn1c(COc2ccccc2)nnc1SCC(=O)Nc1ccc(I)cc1C. The molecule has 0 spiro atoms. The smallest absolute Gasteiger partial charge is 0.234 e. The van der Waals surface area contributed by atoms with Gasteiger partial charge in [-0.05, 0) is 65.4 Å². The van der Waals surface area contributed by atoms with Crippen molar-refractivity contribution >= 4 is 45.9 Å². The Morgan fingerprint density at radius 1 is 1.28 bits per heavy atom. The topological polar surface area (TPSA) is 69.0 Å². The fourth-order valence-corrected chi connectivity index (χ4v) is 4.01. The van der Waals surface area contributed by atoms with Gasteiger partial charge in [0.1, 0.15) is 12.4 Å². The zero-order valence-corrected chi connectivity index (χ0v) is 18.9. The first-order valence-electron chi connectivity index (χ1n) is 8.96. The average molecular weight is 520 g/mol. The third-order valence-electron chi connectivity index (χ3n) is 4.01. The number of carbonyl (C=O) groups is 1. The Bertz CT molecular complexity index is 992. The lowest BCUT2D eigenvalue weighted by Crippen LogP contribution is -2.15. The summed E-state index contributed by atoms with van der Waals surface area (Å²) in [7, 11) is 0. The first kappa shape index (κ1) is 21.4. The monoisotopic (exact) mass is 520 g/mol. The average Bonchev–Trinajstić information content (AvgIpc) is 3.10. The van der Waals surface area contributed by atoms with Gasteiger partial charge in [0.15, 0.2) is 11.0 Å². The molecule has 0 aliphatic heterocycles. The molecule has 0 saturated carbocycles. The van der Waals surface area contributed by atoms with Gasteiger partial charge in [0.05, 0.1) is 5.75 Å². The van der Waals surface area contributed by atoms with Crippen LogP contribution in [0.25, 0.3) is 0 Å². The van der Waals surface area contributed by atoms with Crippen LogP contribution in [-0.4, -0.2) is 26.4 Å². The molecule has 6 nitrogen and oxygen atoms in total. The molecule has 0 bridgehead atoms. The highest BCUT2D eigenvalue weighted by atomic mass is 127. The van der Waals surface area contributed by atoms with Gasteiger partial charge in [0.2, 0.25) is 5.91 Å². The van der Waals surface area contributed by atoms with Crippen LogP contribution in [0.1, 0.15) is 11.4 Å². The highest BCUT2D eigenvalue weighted by Crippen LogP contribution is 2.21. The minimum atomic E-state index is -0.0884. The van der Waals surface area contributed by atoms with Crippen molar-refractivity contribution in [2.45, 2.75) is 25.2 Å². The van der Waals surface area contributed by atoms with Crippen molar-refractivity contribution in [2.75, 3.05) is 11.1 Å². The highest BCUT2D eigenvalue weighted by molar-refractivity contribution is 14.1. The Hall–Kier alpha value is -2.33. The Balaban J connectivity index is 1.61. The molecule has 1 amide bonds. The molecule has 0 aliphatic carbocycles. The number of para-hydroxylation sites is 1. The number of allylic oxidation sites excluding steroid dienone is 1. The van der Waals surface area contributed by atoms with E-state index in [1.165, 1.54) is 11.8 Å². The van der Waals surface area contributed by atoms with E-state index in [1.807, 2.05) is 60.0 Å². The van der Waals surface area contributed by atoms with E-state index < -0.39 is 0 Å². The number of nitrogens with one attached hydrogen (secondary N) is 1. The molecule has 0 radical (unpaired) electrons. The molecule has 3 aromatic rings. The molecule has 0 atom stereocenters. The van der Waals surface area contributed by atoms with E-state index in [1.54, 1.807) is 6.08 Å². The molecule has 1 N–H and O–H groups in total. The van der Waals surface area contributed by atoms with Crippen LogP contribution in [0.5, 0.6) is 5.75 Å². The molecular formula is C21H21IN4O2S. The number of benzene rings is 2. The number of halogens is 1. The number of aromatic nitrogens is 3. The Kier molecular flexibility index (Phi) is 7.70. The molecule has 0 fully saturated rings. The summed E-state index contributed by atoms with van der Waals surface area (Å²) < 4.78 is 8.81. The number of rotatable bonds is 9. The molecule has 1 aromatic heterocycles. The minimum Gasteiger partial charge on any atom is -0.486 e. The van der Waals surface area contributed by atoms with Gasteiger partial charge in [0, 0.05) is 15.8 Å². The van der Waals surface area contributed by atoms with Crippen LogP contribution in [0.3, 0.4) is 0 Å². The second-order valence-corrected chi connectivity index (χ2v) is 8.38. The van der Waals surface area contributed by atoms with E-state index in [0.717, 1.165) is 20.6 Å². The van der Waals surface area contributed by atoms with Gasteiger partial charge in [0.25, 0.3) is 0 Å². The van der Waals surface area contributed by atoms with Crippen LogP contribution in [0.4, 0.5) is 5.69 Å². The van der Waals surface area contributed by atoms with Crippen LogP contribution in [0, 0.1) is 10.5 Å². The lowest BCUT2D eigenvalue weighted by molar-refractivity contribution is -0.113. The summed E-state index contributed by atoms with van der Waals surface area (Å²) in [6.07, 6.45) is 1.77. The zero-order valence-electron chi connectivity index (χ0n) is 16.0. The summed E-state index contributed by atoms with van der Waals surface area (Å²) in [5.74, 6) is 1.60. The largest absolute Gasteiger partial charge is 0.486 e. The number of nitrogens with zero attached hydrogens (tertiary/aromatic N) is 3. The molecule has 150 valence electrons. The number of hydrogen-bond acceptors (Lipinski definition) is 5. The number of ether oxygens (including phenoxy) is 1. The van der Waals surface area contributed by atoms with Crippen molar-refractivity contribution in [2.24, 2.45) is 0 Å². The number of carbonyl (C=O) groups excluding carboxylic acids is 1. The Morgan fingerprint density at radius 3 is 2.79 bits per heavy atom. The number of anilines is 1. The van der Waals surface area contributed by atoms with Crippen molar-refractivity contribution in [3.63, 3.8) is 0 Å². The van der Waals surface area contributed by atoms with E-state index in [4.69, 9.17) is 4.74 Å². The molecule has 0 saturated heterocycles. The van der Waals surface area contributed by atoms with E-state index in [-0.39, 0.29) is 11.7 Å². The van der Waals surface area contributed by atoms with Gasteiger partial charge in [-0.15, -0.1) is 16.8 Å². The summed E-state index contributed by atoms with van der Waals surface area (Å²) in [5.41, 5.74) is 1.85.